The molecule has 0 fully saturated rings. The van der Waals surface area contributed by atoms with Crippen LogP contribution in [-0.4, -0.2) is 45.5 Å². The molecule has 0 saturated carbocycles. The molecule has 0 radical (unpaired) electrons. The fourth-order valence-electron chi connectivity index (χ4n) is 5.31. The van der Waals surface area contributed by atoms with E-state index in [0.717, 1.165) is 26.8 Å². The number of anilines is 1. The second-order valence-corrected chi connectivity index (χ2v) is 12.3. The molecule has 0 unspecified atom stereocenters. The van der Waals surface area contributed by atoms with Crippen LogP contribution in [0.4, 0.5) is 10.1 Å². The normalized spacial score (nSPS) is 11.9. The van der Waals surface area contributed by atoms with Gasteiger partial charge >= 0.3 is 0 Å². The van der Waals surface area contributed by atoms with Crippen LogP contribution in [0.2, 0.25) is 0 Å². The molecule has 0 bridgehead atoms. The van der Waals surface area contributed by atoms with E-state index in [0.29, 0.717) is 57.5 Å². The third-order valence-electron chi connectivity index (χ3n) is 7.72. The van der Waals surface area contributed by atoms with E-state index in [4.69, 9.17) is 16.5 Å². The number of nitrogens with zero attached hydrogens (tertiary/aromatic N) is 7. The topological polar surface area (TPSA) is 164 Å². The predicted octanol–water partition coefficient (Wildman–Crippen LogP) is 6.08. The Morgan fingerprint density at radius 2 is 1.50 bits per heavy atom. The maximum Gasteiger partial charge on any atom is 0.179 e. The second-order valence-electron chi connectivity index (χ2n) is 11.4. The lowest BCUT2D eigenvalue weighted by atomic mass is 10.0. The molecule has 7 rings (SSSR count). The summed E-state index contributed by atoms with van der Waals surface area (Å²) in [6.07, 6.45) is 6.95. The zero-order valence-corrected chi connectivity index (χ0v) is 26.5. The van der Waals surface area contributed by atoms with Crippen molar-refractivity contribution in [1.82, 2.24) is 39.9 Å². The van der Waals surface area contributed by atoms with Crippen LogP contribution in [0.25, 0.3) is 56.5 Å². The summed E-state index contributed by atoms with van der Waals surface area (Å²) in [6.45, 7) is 4.52. The van der Waals surface area contributed by atoms with E-state index in [1.54, 1.807) is 30.9 Å². The zero-order valence-electron chi connectivity index (χ0n) is 25.0. The fourth-order valence-corrected chi connectivity index (χ4v) is 5.70. The minimum absolute atomic E-state index is 0.136. The highest BCUT2D eigenvalue weighted by Gasteiger charge is 2.24. The van der Waals surface area contributed by atoms with Crippen molar-refractivity contribution < 1.29 is 4.39 Å². The maximum atomic E-state index is 14.5. The molecule has 13 heteroatoms. The van der Waals surface area contributed by atoms with Gasteiger partial charge in [0.05, 0.1) is 28.6 Å². The van der Waals surface area contributed by atoms with Gasteiger partial charge in [-0.05, 0) is 77.3 Å². The number of nitrogens with two attached hydrogens (primary N) is 2. The van der Waals surface area contributed by atoms with Crippen molar-refractivity contribution in [3.05, 3.63) is 101 Å². The van der Waals surface area contributed by atoms with Gasteiger partial charge in [-0.3, -0.25) is 9.97 Å². The Bertz CT molecular complexity index is 2190. The first-order valence-electron chi connectivity index (χ1n) is 14.5. The minimum Gasteiger partial charge on any atom is -0.348 e. The van der Waals surface area contributed by atoms with Crippen molar-refractivity contribution in [1.29, 1.82) is 0 Å². The van der Waals surface area contributed by atoms with Gasteiger partial charge in [0.25, 0.3) is 0 Å². The molecule has 7 aromatic rings. The first-order chi connectivity index (χ1) is 22.2. The molecule has 0 amide bonds. The molecule has 0 spiro atoms. The number of H-pyrrole nitrogens is 2. The summed E-state index contributed by atoms with van der Waals surface area (Å²) in [5.74, 6) is 0.841. The Hall–Kier alpha value is -5.11. The molecule has 230 valence electrons. The minimum atomic E-state index is -0.696. The van der Waals surface area contributed by atoms with Crippen molar-refractivity contribution in [3.8, 4) is 34.2 Å². The van der Waals surface area contributed by atoms with Gasteiger partial charge in [-0.25, -0.2) is 24.3 Å². The lowest BCUT2D eigenvalue weighted by Crippen LogP contribution is -2.51. The monoisotopic (exact) mass is 677 g/mol. The van der Waals surface area contributed by atoms with Crippen molar-refractivity contribution >= 4 is 43.9 Å². The molecular weight excluding hydrogens is 649 g/mol. The van der Waals surface area contributed by atoms with E-state index in [1.807, 2.05) is 56.3 Å². The number of hydrogen-bond acceptors (Lipinski definition) is 9. The summed E-state index contributed by atoms with van der Waals surface area (Å²) in [6, 6.07) is 16.5. The molecular formula is C33H29BrFN11. The first-order valence-corrected chi connectivity index (χ1v) is 15.3. The van der Waals surface area contributed by atoms with E-state index in [9.17, 15) is 4.39 Å². The number of imidazole rings is 2. The van der Waals surface area contributed by atoms with E-state index in [1.165, 1.54) is 6.07 Å². The van der Waals surface area contributed by atoms with Gasteiger partial charge in [0.2, 0.25) is 0 Å². The Balaban J connectivity index is 1.13. The average Bonchev–Trinajstić information content (AvgIpc) is 3.69. The molecule has 0 atom stereocenters. The van der Waals surface area contributed by atoms with Crippen LogP contribution in [0.3, 0.4) is 0 Å². The van der Waals surface area contributed by atoms with Crippen LogP contribution >= 0.6 is 15.9 Å². The summed E-state index contributed by atoms with van der Waals surface area (Å²) in [5.41, 5.74) is 19.3. The molecule has 0 saturated heterocycles. The van der Waals surface area contributed by atoms with E-state index in [-0.39, 0.29) is 12.4 Å². The average molecular weight is 679 g/mol. The predicted molar refractivity (Wildman–Crippen MR) is 180 cm³/mol. The highest BCUT2D eigenvalue weighted by Crippen LogP contribution is 2.30. The molecule has 0 aliphatic heterocycles. The van der Waals surface area contributed by atoms with Crippen molar-refractivity contribution in [3.63, 3.8) is 0 Å². The molecule has 0 aliphatic rings. The number of nitrogens with one attached hydrogen (secondary N) is 2. The molecule has 11 nitrogen and oxygen atoms in total. The summed E-state index contributed by atoms with van der Waals surface area (Å²) in [7, 11) is 0. The van der Waals surface area contributed by atoms with E-state index in [2.05, 4.69) is 55.7 Å². The van der Waals surface area contributed by atoms with Gasteiger partial charge in [0.15, 0.2) is 22.9 Å². The Morgan fingerprint density at radius 1 is 0.826 bits per heavy atom. The van der Waals surface area contributed by atoms with Gasteiger partial charge in [0.1, 0.15) is 17.2 Å². The summed E-state index contributed by atoms with van der Waals surface area (Å²) >= 11 is 3.53. The largest absolute Gasteiger partial charge is 0.348 e. The summed E-state index contributed by atoms with van der Waals surface area (Å²) in [5, 5.41) is 0. The van der Waals surface area contributed by atoms with E-state index < -0.39 is 5.66 Å². The lowest BCUT2D eigenvalue weighted by molar-refractivity contribution is 0.474. The van der Waals surface area contributed by atoms with Crippen LogP contribution in [0.5, 0.6) is 0 Å². The molecule has 6 N–H and O–H groups in total. The number of halogens is 2. The number of pyridine rings is 4. The van der Waals surface area contributed by atoms with Gasteiger partial charge < -0.3 is 26.3 Å². The van der Waals surface area contributed by atoms with Gasteiger partial charge in [-0.1, -0.05) is 18.2 Å². The molecule has 0 aliphatic carbocycles. The number of aromatic nitrogens is 8. The lowest BCUT2D eigenvalue weighted by Gasteiger charge is -2.37. The van der Waals surface area contributed by atoms with Crippen molar-refractivity contribution in [2.24, 2.45) is 11.5 Å². The van der Waals surface area contributed by atoms with Crippen LogP contribution < -0.4 is 16.4 Å². The van der Waals surface area contributed by atoms with E-state index >= 15 is 0 Å². The number of aromatic amines is 2. The highest BCUT2D eigenvalue weighted by molar-refractivity contribution is 9.10. The molecule has 6 heterocycles. The van der Waals surface area contributed by atoms with Crippen LogP contribution in [0.15, 0.2) is 83.9 Å². The summed E-state index contributed by atoms with van der Waals surface area (Å²) in [4.78, 5) is 36.0. The Kier molecular flexibility index (Phi) is 7.51. The molecule has 46 heavy (non-hydrogen) atoms. The number of hydrogen-bond donors (Lipinski definition) is 4. The second kappa shape index (κ2) is 11.7. The third kappa shape index (κ3) is 5.60. The van der Waals surface area contributed by atoms with Crippen molar-refractivity contribution in [2.45, 2.75) is 32.6 Å². The maximum absolute atomic E-state index is 14.5. The van der Waals surface area contributed by atoms with Crippen LogP contribution in [0.1, 0.15) is 25.0 Å². The van der Waals surface area contributed by atoms with Gasteiger partial charge in [0, 0.05) is 47.3 Å². The molecule has 6 aromatic heterocycles. The third-order valence-corrected chi connectivity index (χ3v) is 8.38. The SMILES string of the molecule is CC(C)(N)N(Cc1ccc(-c2nc3nccc(-c4ccc(CN)c(F)c4)c3[nH]2)nc1)c1ccc(-c2nc3nccc(Br)c3[nH]2)nc1. The fraction of sp³-hybridized carbons (Fsp3) is 0.152. The highest BCUT2D eigenvalue weighted by atomic mass is 79.9. The standard InChI is InChI=1S/C33H29BrFN11/c1-33(2,37)46(21-6-8-26(41-16-21)30-43-28-23(34)10-12-39-32(28)45-30)17-18-3-7-25(40-15-18)29-42-27-22(9-11-38-31(27)44-29)19-4-5-20(14-36)24(35)13-19/h3-13,15-16H,14,17,36-37H2,1-2H3,(H,38,42,44)(H,39,43,45). The van der Waals surface area contributed by atoms with Crippen LogP contribution in [0, 0.1) is 5.82 Å². The Labute approximate surface area is 271 Å². The Morgan fingerprint density at radius 3 is 2.11 bits per heavy atom. The number of rotatable bonds is 8. The zero-order chi connectivity index (χ0) is 32.0. The smallest absolute Gasteiger partial charge is 0.179 e. The quantitative estimate of drug-likeness (QED) is 0.139. The number of benzene rings is 1. The summed E-state index contributed by atoms with van der Waals surface area (Å²) < 4.78 is 15.4. The van der Waals surface area contributed by atoms with Gasteiger partial charge in [-0.15, -0.1) is 0 Å². The van der Waals surface area contributed by atoms with Crippen molar-refractivity contribution in [2.75, 3.05) is 4.90 Å². The number of fused-ring (bicyclic) bond motifs is 2. The first kappa shape index (κ1) is 29.6. The van der Waals surface area contributed by atoms with Gasteiger partial charge in [-0.2, -0.15) is 0 Å². The van der Waals surface area contributed by atoms with Crippen LogP contribution in [-0.2, 0) is 13.1 Å². The molecule has 1 aromatic carbocycles.